The van der Waals surface area contributed by atoms with Crippen molar-refractivity contribution in [1.29, 1.82) is 0 Å². The minimum Gasteiger partial charge on any atom is -0.317 e. The van der Waals surface area contributed by atoms with E-state index in [-0.39, 0.29) is 6.04 Å². The lowest BCUT2D eigenvalue weighted by Crippen LogP contribution is -2.36. The molecule has 0 spiro atoms. The Hall–Kier alpha value is -1.75. The summed E-state index contributed by atoms with van der Waals surface area (Å²) in [5, 5.41) is 3.61. The number of benzene rings is 1. The number of nitrogens with zero attached hydrogens (tertiary/aromatic N) is 2. The van der Waals surface area contributed by atoms with Crippen LogP contribution in [0, 0.1) is 5.95 Å². The molecule has 0 amide bonds. The smallest absolute Gasteiger partial charge is 0.317 e. The van der Waals surface area contributed by atoms with Crippen LogP contribution >= 0.6 is 0 Å². The second-order valence-corrected chi connectivity index (χ2v) is 4.55. The zero-order chi connectivity index (χ0) is 12.5. The van der Waals surface area contributed by atoms with E-state index in [1.165, 1.54) is 4.57 Å². The first-order valence-electron chi connectivity index (χ1n) is 6.15. The van der Waals surface area contributed by atoms with Gasteiger partial charge < -0.3 is 5.32 Å². The number of nitrogens with one attached hydrogen (secondary N) is 1. The van der Waals surface area contributed by atoms with Crippen LogP contribution in [0.25, 0.3) is 10.9 Å². The normalized spacial score (nSPS) is 17.2. The highest BCUT2D eigenvalue weighted by Crippen LogP contribution is 2.21. The number of hydrogen-bond acceptors (Lipinski definition) is 3. The lowest BCUT2D eigenvalue weighted by Gasteiger charge is -2.25. The second-order valence-electron chi connectivity index (χ2n) is 4.55. The van der Waals surface area contributed by atoms with Crippen molar-refractivity contribution in [3.8, 4) is 0 Å². The molecular weight excluding hydrogens is 233 g/mol. The summed E-state index contributed by atoms with van der Waals surface area (Å²) in [5.41, 5.74) is -0.0664. The van der Waals surface area contributed by atoms with Gasteiger partial charge in [-0.15, -0.1) is 0 Å². The molecule has 0 atom stereocenters. The van der Waals surface area contributed by atoms with Crippen LogP contribution in [-0.2, 0) is 0 Å². The fourth-order valence-electron chi connectivity index (χ4n) is 2.50. The Morgan fingerprint density at radius 2 is 2.00 bits per heavy atom. The Labute approximate surface area is 103 Å². The zero-order valence-electron chi connectivity index (χ0n) is 9.90. The van der Waals surface area contributed by atoms with Gasteiger partial charge in [0.25, 0.3) is 0 Å². The lowest BCUT2D eigenvalue weighted by atomic mass is 10.1. The molecule has 1 N–H and O–H groups in total. The van der Waals surface area contributed by atoms with Crippen molar-refractivity contribution in [2.24, 2.45) is 0 Å². The van der Waals surface area contributed by atoms with Crippen molar-refractivity contribution >= 4 is 10.9 Å². The fourth-order valence-corrected chi connectivity index (χ4v) is 2.50. The quantitative estimate of drug-likeness (QED) is 0.776. The van der Waals surface area contributed by atoms with Crippen LogP contribution in [0.2, 0.25) is 0 Å². The molecule has 1 aliphatic rings. The van der Waals surface area contributed by atoms with Gasteiger partial charge >= 0.3 is 5.69 Å². The van der Waals surface area contributed by atoms with Crippen molar-refractivity contribution < 1.29 is 4.39 Å². The molecule has 1 aliphatic heterocycles. The molecule has 1 fully saturated rings. The minimum absolute atomic E-state index is 0.0872. The number of aromatic nitrogens is 2. The molecule has 1 saturated heterocycles. The molecule has 2 aromatic rings. The van der Waals surface area contributed by atoms with E-state index in [0.29, 0.717) is 10.9 Å². The van der Waals surface area contributed by atoms with Crippen LogP contribution < -0.4 is 11.0 Å². The molecule has 1 aromatic carbocycles. The summed E-state index contributed by atoms with van der Waals surface area (Å²) in [6, 6.07) is 6.74. The van der Waals surface area contributed by atoms with Gasteiger partial charge in [-0.2, -0.15) is 9.37 Å². The second kappa shape index (κ2) is 4.49. The third-order valence-electron chi connectivity index (χ3n) is 3.43. The van der Waals surface area contributed by atoms with Crippen molar-refractivity contribution in [2.45, 2.75) is 18.9 Å². The van der Waals surface area contributed by atoms with Crippen molar-refractivity contribution in [3.05, 3.63) is 40.7 Å². The summed E-state index contributed by atoms with van der Waals surface area (Å²) in [6.45, 7) is 1.62. The predicted molar refractivity (Wildman–Crippen MR) is 67.1 cm³/mol. The predicted octanol–water partition coefficient (Wildman–Crippen LogP) is 1.46. The Morgan fingerprint density at radius 3 is 2.78 bits per heavy atom. The molecule has 0 bridgehead atoms. The first-order chi connectivity index (χ1) is 8.77. The molecule has 94 valence electrons. The van der Waals surface area contributed by atoms with Crippen LogP contribution in [0.15, 0.2) is 29.1 Å². The Balaban J connectivity index is 2.19. The maximum absolute atomic E-state index is 14.4. The van der Waals surface area contributed by atoms with E-state index >= 15 is 0 Å². The molecule has 18 heavy (non-hydrogen) atoms. The topological polar surface area (TPSA) is 46.9 Å². The highest BCUT2D eigenvalue weighted by Gasteiger charge is 2.21. The summed E-state index contributed by atoms with van der Waals surface area (Å²) < 4.78 is 15.6. The summed E-state index contributed by atoms with van der Waals surface area (Å²) in [5.74, 6) is -0.461. The molecule has 3 rings (SSSR count). The average molecular weight is 247 g/mol. The monoisotopic (exact) mass is 247 g/mol. The molecule has 0 unspecified atom stereocenters. The number of halogens is 1. The Kier molecular flexibility index (Phi) is 2.83. The van der Waals surface area contributed by atoms with Gasteiger partial charge in [-0.1, -0.05) is 12.1 Å². The first-order valence-corrected chi connectivity index (χ1v) is 6.15. The van der Waals surface area contributed by atoms with Gasteiger partial charge in [0.2, 0.25) is 5.95 Å². The molecule has 5 heteroatoms. The van der Waals surface area contributed by atoms with Crippen LogP contribution in [0.3, 0.4) is 0 Å². The van der Waals surface area contributed by atoms with E-state index in [0.717, 1.165) is 25.9 Å². The highest BCUT2D eigenvalue weighted by molar-refractivity contribution is 5.77. The first kappa shape index (κ1) is 11.3. The van der Waals surface area contributed by atoms with Gasteiger partial charge in [0, 0.05) is 6.04 Å². The summed E-state index contributed by atoms with van der Waals surface area (Å²) in [6.07, 6.45) is 1.52. The van der Waals surface area contributed by atoms with Crippen molar-refractivity contribution in [3.63, 3.8) is 0 Å². The largest absolute Gasteiger partial charge is 0.350 e. The number of piperidine rings is 1. The van der Waals surface area contributed by atoms with E-state index < -0.39 is 11.6 Å². The van der Waals surface area contributed by atoms with Gasteiger partial charge in [-0.25, -0.2) is 4.79 Å². The van der Waals surface area contributed by atoms with Gasteiger partial charge in [0.05, 0.1) is 10.9 Å². The van der Waals surface area contributed by atoms with Crippen LogP contribution in [-0.4, -0.2) is 22.6 Å². The summed E-state index contributed by atoms with van der Waals surface area (Å²) >= 11 is 0. The molecule has 0 aliphatic carbocycles. The highest BCUT2D eigenvalue weighted by atomic mass is 19.1. The van der Waals surface area contributed by atoms with Gasteiger partial charge in [-0.05, 0) is 38.1 Å². The average Bonchev–Trinajstić information content (AvgIpc) is 2.40. The maximum atomic E-state index is 14.4. The third kappa shape index (κ3) is 1.80. The minimum atomic E-state index is -0.488. The fraction of sp³-hybridized carbons (Fsp3) is 0.385. The Bertz CT molecular complexity index is 632. The van der Waals surface area contributed by atoms with Gasteiger partial charge in [0.1, 0.15) is 0 Å². The summed E-state index contributed by atoms with van der Waals surface area (Å²) in [4.78, 5) is 15.9. The number of hydrogen-bond donors (Lipinski definition) is 1. The van der Waals surface area contributed by atoms with E-state index in [4.69, 9.17) is 0 Å². The SMILES string of the molecule is O=c1nc2ccccc2c(F)n1C1CCNCC1. The van der Waals surface area contributed by atoms with E-state index in [1.54, 1.807) is 24.3 Å². The van der Waals surface area contributed by atoms with E-state index in [9.17, 15) is 9.18 Å². The van der Waals surface area contributed by atoms with Crippen LogP contribution in [0.5, 0.6) is 0 Å². The number of para-hydroxylation sites is 1. The zero-order valence-corrected chi connectivity index (χ0v) is 9.90. The van der Waals surface area contributed by atoms with E-state index in [1.807, 2.05) is 0 Å². The van der Waals surface area contributed by atoms with Crippen LogP contribution in [0.4, 0.5) is 4.39 Å². The number of fused-ring (bicyclic) bond motifs is 1. The van der Waals surface area contributed by atoms with E-state index in [2.05, 4.69) is 10.3 Å². The molecular formula is C13H14FN3O. The molecule has 4 nitrogen and oxygen atoms in total. The third-order valence-corrected chi connectivity index (χ3v) is 3.43. The van der Waals surface area contributed by atoms with Gasteiger partial charge in [-0.3, -0.25) is 4.57 Å². The molecule has 1 aromatic heterocycles. The lowest BCUT2D eigenvalue weighted by molar-refractivity contribution is 0.319. The van der Waals surface area contributed by atoms with Crippen molar-refractivity contribution in [2.75, 3.05) is 13.1 Å². The Morgan fingerprint density at radius 1 is 1.28 bits per heavy atom. The standard InChI is InChI=1S/C13H14FN3O/c14-12-10-3-1-2-4-11(10)16-13(18)17(12)9-5-7-15-8-6-9/h1-4,9,15H,5-8H2. The summed E-state index contributed by atoms with van der Waals surface area (Å²) in [7, 11) is 0. The van der Waals surface area contributed by atoms with Crippen molar-refractivity contribution in [1.82, 2.24) is 14.9 Å². The molecule has 2 heterocycles. The molecule has 0 radical (unpaired) electrons. The maximum Gasteiger partial charge on any atom is 0.350 e. The molecule has 0 saturated carbocycles. The van der Waals surface area contributed by atoms with Crippen LogP contribution in [0.1, 0.15) is 18.9 Å². The van der Waals surface area contributed by atoms with Gasteiger partial charge in [0.15, 0.2) is 0 Å². The number of rotatable bonds is 1.